The lowest BCUT2D eigenvalue weighted by Gasteiger charge is -2.38. The van der Waals surface area contributed by atoms with Crippen molar-refractivity contribution in [2.75, 3.05) is 7.11 Å². The predicted octanol–water partition coefficient (Wildman–Crippen LogP) is 3.88. The van der Waals surface area contributed by atoms with Gasteiger partial charge in [-0.25, -0.2) is 0 Å². The van der Waals surface area contributed by atoms with Gasteiger partial charge < -0.3 is 19.5 Å². The number of nitrogens with one attached hydrogen (secondary N) is 1. The van der Waals surface area contributed by atoms with Gasteiger partial charge in [-0.2, -0.15) is 0 Å². The van der Waals surface area contributed by atoms with Gasteiger partial charge in [0.2, 0.25) is 0 Å². The van der Waals surface area contributed by atoms with Crippen molar-refractivity contribution < 1.29 is 19.0 Å². The largest absolute Gasteiger partial charge is 0.497 e. The van der Waals surface area contributed by atoms with Gasteiger partial charge >= 0.3 is 0 Å². The van der Waals surface area contributed by atoms with Crippen LogP contribution < -0.4 is 19.5 Å². The molecule has 26 heavy (non-hydrogen) atoms. The van der Waals surface area contributed by atoms with E-state index in [9.17, 15) is 4.79 Å². The molecule has 0 saturated heterocycles. The fourth-order valence-electron chi connectivity index (χ4n) is 3.13. The maximum Gasteiger partial charge on any atom is 0.261 e. The molecule has 5 nitrogen and oxygen atoms in total. The van der Waals surface area contributed by atoms with Crippen molar-refractivity contribution in [2.45, 2.75) is 44.9 Å². The van der Waals surface area contributed by atoms with E-state index in [2.05, 4.69) is 5.32 Å². The molecule has 0 spiro atoms. The van der Waals surface area contributed by atoms with Gasteiger partial charge in [-0.1, -0.05) is 18.2 Å². The summed E-state index contributed by atoms with van der Waals surface area (Å²) in [6.07, 6.45) is 0.0842. The van der Waals surface area contributed by atoms with Crippen LogP contribution in [0, 0.1) is 0 Å². The Balaban J connectivity index is 1.75. The predicted molar refractivity (Wildman–Crippen MR) is 99.7 cm³/mol. The number of benzene rings is 2. The highest BCUT2D eigenvalue weighted by Crippen LogP contribution is 2.41. The van der Waals surface area contributed by atoms with Crippen LogP contribution >= 0.6 is 0 Å². The van der Waals surface area contributed by atoms with Crippen LogP contribution in [0.2, 0.25) is 0 Å². The summed E-state index contributed by atoms with van der Waals surface area (Å²) < 4.78 is 17.1. The molecule has 0 aromatic heterocycles. The summed E-state index contributed by atoms with van der Waals surface area (Å²) in [5, 5.41) is 3.10. The van der Waals surface area contributed by atoms with E-state index in [1.807, 2.05) is 62.4 Å². The number of fused-ring (bicyclic) bond motifs is 1. The molecule has 0 radical (unpaired) electrons. The van der Waals surface area contributed by atoms with Crippen LogP contribution in [0.25, 0.3) is 0 Å². The molecule has 1 aliphatic heterocycles. The van der Waals surface area contributed by atoms with Crippen LogP contribution in [0.4, 0.5) is 0 Å². The van der Waals surface area contributed by atoms with Crippen LogP contribution in [0.1, 0.15) is 38.8 Å². The molecule has 0 aliphatic carbocycles. The van der Waals surface area contributed by atoms with Crippen LogP contribution in [-0.4, -0.2) is 24.7 Å². The number of hydrogen-bond acceptors (Lipinski definition) is 4. The third kappa shape index (κ3) is 4.10. The molecule has 1 heterocycles. The minimum atomic E-state index is -0.593. The van der Waals surface area contributed by atoms with Gasteiger partial charge in [0.25, 0.3) is 5.91 Å². The summed E-state index contributed by atoms with van der Waals surface area (Å²) in [4.78, 5) is 12.7. The van der Waals surface area contributed by atoms with E-state index in [4.69, 9.17) is 14.2 Å². The second-order valence-corrected chi connectivity index (χ2v) is 7.10. The first-order valence-corrected chi connectivity index (χ1v) is 8.77. The van der Waals surface area contributed by atoms with E-state index in [1.54, 1.807) is 14.0 Å². The highest BCUT2D eigenvalue weighted by Gasteiger charge is 2.35. The summed E-state index contributed by atoms with van der Waals surface area (Å²) in [5.74, 6) is 1.99. The number of amides is 1. The average molecular weight is 355 g/mol. The van der Waals surface area contributed by atoms with Gasteiger partial charge in [0, 0.05) is 18.1 Å². The van der Waals surface area contributed by atoms with E-state index in [0.717, 1.165) is 17.1 Å². The second kappa shape index (κ2) is 7.28. The highest BCUT2D eigenvalue weighted by molar-refractivity contribution is 5.81. The summed E-state index contributed by atoms with van der Waals surface area (Å²) >= 11 is 0. The fourth-order valence-corrected chi connectivity index (χ4v) is 3.13. The Kier molecular flexibility index (Phi) is 5.07. The van der Waals surface area contributed by atoms with Crippen molar-refractivity contribution in [3.05, 3.63) is 54.1 Å². The number of carbonyl (C=O) groups excluding carboxylic acids is 1. The Morgan fingerprint density at radius 3 is 2.62 bits per heavy atom. The number of para-hydroxylation sites is 1. The zero-order valence-corrected chi connectivity index (χ0v) is 15.6. The molecule has 2 aromatic rings. The van der Waals surface area contributed by atoms with E-state index in [0.29, 0.717) is 12.2 Å². The highest BCUT2D eigenvalue weighted by atomic mass is 16.5. The summed E-state index contributed by atoms with van der Waals surface area (Å²) in [5.41, 5.74) is 0.561. The molecule has 2 aromatic carbocycles. The van der Waals surface area contributed by atoms with Crippen molar-refractivity contribution in [1.29, 1.82) is 0 Å². The van der Waals surface area contributed by atoms with E-state index >= 15 is 0 Å². The molecule has 2 atom stereocenters. The lowest BCUT2D eigenvalue weighted by Crippen LogP contribution is -2.44. The molecule has 2 unspecified atom stereocenters. The first-order chi connectivity index (χ1) is 12.4. The molecule has 1 amide bonds. The fraction of sp³-hybridized carbons (Fsp3) is 0.381. The zero-order chi connectivity index (χ0) is 18.7. The van der Waals surface area contributed by atoms with E-state index in [1.165, 1.54) is 0 Å². The lowest BCUT2D eigenvalue weighted by atomic mass is 9.89. The average Bonchev–Trinajstić information content (AvgIpc) is 2.61. The standard InChI is InChI=1S/C21H25NO4/c1-14(25-15-8-6-5-7-9-15)20(23)22-18-13-21(2,3)26-19-12-16(24-4)10-11-17(18)19/h5-12,14,18H,13H2,1-4H3,(H,22,23). The van der Waals surface area contributed by atoms with Crippen LogP contribution in [-0.2, 0) is 4.79 Å². The first kappa shape index (κ1) is 18.1. The minimum absolute atomic E-state index is 0.144. The van der Waals surface area contributed by atoms with E-state index in [-0.39, 0.29) is 17.6 Å². The van der Waals surface area contributed by atoms with E-state index < -0.39 is 6.10 Å². The van der Waals surface area contributed by atoms with Crippen molar-refractivity contribution >= 4 is 5.91 Å². The number of carbonyl (C=O) groups is 1. The monoisotopic (exact) mass is 355 g/mol. The summed E-state index contributed by atoms with van der Waals surface area (Å²) in [6.45, 7) is 5.78. The number of ether oxygens (including phenoxy) is 3. The third-order valence-corrected chi connectivity index (χ3v) is 4.42. The van der Waals surface area contributed by atoms with Crippen LogP contribution in [0.15, 0.2) is 48.5 Å². The Bertz CT molecular complexity index is 773. The second-order valence-electron chi connectivity index (χ2n) is 7.10. The van der Waals surface area contributed by atoms with Gasteiger partial charge in [0.15, 0.2) is 6.10 Å². The molecule has 3 rings (SSSR count). The van der Waals surface area contributed by atoms with Crippen molar-refractivity contribution in [3.8, 4) is 17.2 Å². The zero-order valence-electron chi connectivity index (χ0n) is 15.6. The van der Waals surface area contributed by atoms with Crippen molar-refractivity contribution in [3.63, 3.8) is 0 Å². The Hall–Kier alpha value is -2.69. The smallest absolute Gasteiger partial charge is 0.261 e. The van der Waals surface area contributed by atoms with Gasteiger partial charge in [0.1, 0.15) is 22.8 Å². The van der Waals surface area contributed by atoms with Gasteiger partial charge in [-0.3, -0.25) is 4.79 Å². The Morgan fingerprint density at radius 2 is 1.92 bits per heavy atom. The molecule has 0 fully saturated rings. The Labute approximate surface area is 154 Å². The summed E-state index contributed by atoms with van der Waals surface area (Å²) in [6, 6.07) is 14.9. The third-order valence-electron chi connectivity index (χ3n) is 4.42. The van der Waals surface area contributed by atoms with Gasteiger partial charge in [-0.05, 0) is 45.0 Å². The molecular formula is C21H25NO4. The minimum Gasteiger partial charge on any atom is -0.497 e. The van der Waals surface area contributed by atoms with Crippen molar-refractivity contribution in [2.24, 2.45) is 0 Å². The topological polar surface area (TPSA) is 56.8 Å². The molecular weight excluding hydrogens is 330 g/mol. The Morgan fingerprint density at radius 1 is 1.19 bits per heavy atom. The first-order valence-electron chi connectivity index (χ1n) is 8.77. The SMILES string of the molecule is COc1ccc2c(c1)OC(C)(C)CC2NC(=O)C(C)Oc1ccccc1. The van der Waals surface area contributed by atoms with Crippen LogP contribution in [0.5, 0.6) is 17.2 Å². The number of hydrogen-bond donors (Lipinski definition) is 1. The van der Waals surface area contributed by atoms with Gasteiger partial charge in [-0.15, -0.1) is 0 Å². The van der Waals surface area contributed by atoms with Gasteiger partial charge in [0.05, 0.1) is 13.2 Å². The van der Waals surface area contributed by atoms with Crippen LogP contribution in [0.3, 0.4) is 0 Å². The molecule has 0 saturated carbocycles. The normalized spacial score (nSPS) is 18.8. The molecule has 1 aliphatic rings. The molecule has 1 N–H and O–H groups in total. The maximum absolute atomic E-state index is 12.7. The molecule has 138 valence electrons. The number of rotatable bonds is 5. The van der Waals surface area contributed by atoms with Crippen molar-refractivity contribution in [1.82, 2.24) is 5.32 Å². The molecule has 5 heteroatoms. The molecule has 0 bridgehead atoms. The number of methoxy groups -OCH3 is 1. The quantitative estimate of drug-likeness (QED) is 0.884. The summed E-state index contributed by atoms with van der Waals surface area (Å²) in [7, 11) is 1.62. The lowest BCUT2D eigenvalue weighted by molar-refractivity contribution is -0.128. The maximum atomic E-state index is 12.7.